The van der Waals surface area contributed by atoms with Gasteiger partial charge in [-0.15, -0.1) is 6.42 Å². The highest BCUT2D eigenvalue weighted by atomic mass is 16.5. The minimum absolute atomic E-state index is 0.245. The van der Waals surface area contributed by atoms with Gasteiger partial charge in [-0.3, -0.25) is 0 Å². The molecule has 0 saturated carbocycles. The standard InChI is InChI=1S/C16H23NO3/c1-4-10-20-15-8-7-14(12-16(15)19-5-2)13-17-9-6-11-18-3/h1,7-8,12,17H,5-6,9-11,13H2,2-3H3. The smallest absolute Gasteiger partial charge is 0.162 e. The van der Waals surface area contributed by atoms with E-state index in [1.54, 1.807) is 7.11 Å². The van der Waals surface area contributed by atoms with Crippen LogP contribution in [0.5, 0.6) is 11.5 Å². The van der Waals surface area contributed by atoms with Crippen LogP contribution < -0.4 is 14.8 Å². The van der Waals surface area contributed by atoms with Gasteiger partial charge in [0.05, 0.1) is 6.61 Å². The molecule has 1 rings (SSSR count). The lowest BCUT2D eigenvalue weighted by Gasteiger charge is -2.12. The molecule has 0 saturated heterocycles. The van der Waals surface area contributed by atoms with Gasteiger partial charge in [-0.1, -0.05) is 12.0 Å². The first kappa shape index (κ1) is 16.4. The Labute approximate surface area is 121 Å². The summed E-state index contributed by atoms with van der Waals surface area (Å²) in [7, 11) is 1.71. The summed E-state index contributed by atoms with van der Waals surface area (Å²) in [5.41, 5.74) is 1.15. The van der Waals surface area contributed by atoms with Crippen LogP contribution in [0.2, 0.25) is 0 Å². The first-order valence-electron chi connectivity index (χ1n) is 6.83. The van der Waals surface area contributed by atoms with E-state index in [1.807, 2.05) is 25.1 Å². The summed E-state index contributed by atoms with van der Waals surface area (Å²) >= 11 is 0. The Bertz CT molecular complexity index is 426. The Morgan fingerprint density at radius 3 is 2.80 bits per heavy atom. The van der Waals surface area contributed by atoms with E-state index in [9.17, 15) is 0 Å². The zero-order valence-corrected chi connectivity index (χ0v) is 12.3. The fourth-order valence-electron chi connectivity index (χ4n) is 1.74. The molecule has 0 atom stereocenters. The lowest BCUT2D eigenvalue weighted by molar-refractivity contribution is 0.194. The summed E-state index contributed by atoms with van der Waals surface area (Å²) in [6, 6.07) is 5.89. The molecule has 0 heterocycles. The van der Waals surface area contributed by atoms with Crippen LogP contribution in [0.15, 0.2) is 18.2 Å². The molecule has 0 unspecified atom stereocenters. The van der Waals surface area contributed by atoms with E-state index in [-0.39, 0.29) is 6.61 Å². The molecule has 0 aliphatic heterocycles. The van der Waals surface area contributed by atoms with Gasteiger partial charge < -0.3 is 19.5 Å². The molecule has 110 valence electrons. The van der Waals surface area contributed by atoms with Crippen LogP contribution in [0.4, 0.5) is 0 Å². The number of terminal acetylenes is 1. The highest BCUT2D eigenvalue weighted by Gasteiger charge is 2.06. The Hall–Kier alpha value is -1.70. The largest absolute Gasteiger partial charge is 0.490 e. The van der Waals surface area contributed by atoms with Crippen molar-refractivity contribution in [3.05, 3.63) is 23.8 Å². The number of hydrogen-bond donors (Lipinski definition) is 1. The van der Waals surface area contributed by atoms with Crippen molar-refractivity contribution in [2.24, 2.45) is 0 Å². The molecule has 0 amide bonds. The zero-order valence-electron chi connectivity index (χ0n) is 12.3. The molecule has 4 nitrogen and oxygen atoms in total. The Balaban J connectivity index is 2.55. The van der Waals surface area contributed by atoms with Gasteiger partial charge >= 0.3 is 0 Å². The summed E-state index contributed by atoms with van der Waals surface area (Å²) in [4.78, 5) is 0. The molecular formula is C16H23NO3. The molecule has 1 aromatic carbocycles. The van der Waals surface area contributed by atoms with E-state index in [2.05, 4.69) is 11.2 Å². The molecule has 1 N–H and O–H groups in total. The van der Waals surface area contributed by atoms with Crippen LogP contribution in [0.1, 0.15) is 18.9 Å². The number of ether oxygens (including phenoxy) is 3. The minimum atomic E-state index is 0.245. The molecule has 0 spiro atoms. The van der Waals surface area contributed by atoms with E-state index in [0.717, 1.165) is 37.4 Å². The molecule has 0 aliphatic rings. The Morgan fingerprint density at radius 1 is 1.25 bits per heavy atom. The molecule has 0 bridgehead atoms. The van der Waals surface area contributed by atoms with Crippen LogP contribution in [-0.2, 0) is 11.3 Å². The van der Waals surface area contributed by atoms with E-state index >= 15 is 0 Å². The third kappa shape index (κ3) is 5.96. The molecule has 0 aromatic heterocycles. The quantitative estimate of drug-likeness (QED) is 0.526. The SMILES string of the molecule is C#CCOc1ccc(CNCCCOC)cc1OCC. The summed E-state index contributed by atoms with van der Waals surface area (Å²) in [6.45, 7) is 5.27. The average molecular weight is 277 g/mol. The monoisotopic (exact) mass is 277 g/mol. The molecule has 4 heteroatoms. The highest BCUT2D eigenvalue weighted by molar-refractivity contribution is 5.43. The normalized spacial score (nSPS) is 10.1. The summed E-state index contributed by atoms with van der Waals surface area (Å²) in [5, 5.41) is 3.36. The van der Waals surface area contributed by atoms with E-state index in [4.69, 9.17) is 20.6 Å². The van der Waals surface area contributed by atoms with Gasteiger partial charge in [-0.05, 0) is 37.6 Å². The van der Waals surface area contributed by atoms with Crippen LogP contribution in [-0.4, -0.2) is 33.5 Å². The van der Waals surface area contributed by atoms with Crippen molar-refractivity contribution < 1.29 is 14.2 Å². The van der Waals surface area contributed by atoms with Gasteiger partial charge in [-0.2, -0.15) is 0 Å². The highest BCUT2D eigenvalue weighted by Crippen LogP contribution is 2.28. The van der Waals surface area contributed by atoms with Crippen molar-refractivity contribution in [2.75, 3.05) is 33.5 Å². The van der Waals surface area contributed by atoms with Crippen molar-refractivity contribution in [1.29, 1.82) is 0 Å². The van der Waals surface area contributed by atoms with Crippen LogP contribution in [0.3, 0.4) is 0 Å². The van der Waals surface area contributed by atoms with Gasteiger partial charge in [0.15, 0.2) is 11.5 Å². The van der Waals surface area contributed by atoms with Gasteiger partial charge in [0, 0.05) is 20.3 Å². The second kappa shape index (κ2) is 10.1. The second-order valence-corrected chi connectivity index (χ2v) is 4.23. The van der Waals surface area contributed by atoms with Crippen molar-refractivity contribution in [3.63, 3.8) is 0 Å². The fourth-order valence-corrected chi connectivity index (χ4v) is 1.74. The number of rotatable bonds is 10. The van der Waals surface area contributed by atoms with Gasteiger partial charge in [0.2, 0.25) is 0 Å². The van der Waals surface area contributed by atoms with Gasteiger partial charge in [0.1, 0.15) is 6.61 Å². The second-order valence-electron chi connectivity index (χ2n) is 4.23. The first-order chi connectivity index (χ1) is 9.81. The molecule has 0 fully saturated rings. The van der Waals surface area contributed by atoms with E-state index in [0.29, 0.717) is 12.4 Å². The predicted molar refractivity (Wildman–Crippen MR) is 80.1 cm³/mol. The summed E-state index contributed by atoms with van der Waals surface area (Å²) in [5.74, 6) is 3.88. The molecule has 1 aromatic rings. The van der Waals surface area contributed by atoms with E-state index < -0.39 is 0 Å². The maximum absolute atomic E-state index is 5.58. The average Bonchev–Trinajstić information content (AvgIpc) is 2.46. The van der Waals surface area contributed by atoms with Crippen molar-refractivity contribution in [2.45, 2.75) is 19.9 Å². The fraction of sp³-hybridized carbons (Fsp3) is 0.500. The van der Waals surface area contributed by atoms with Crippen molar-refractivity contribution >= 4 is 0 Å². The maximum atomic E-state index is 5.58. The van der Waals surface area contributed by atoms with Gasteiger partial charge in [-0.25, -0.2) is 0 Å². The van der Waals surface area contributed by atoms with Crippen LogP contribution in [0.25, 0.3) is 0 Å². The zero-order chi connectivity index (χ0) is 14.6. The number of nitrogens with one attached hydrogen (secondary N) is 1. The summed E-state index contributed by atoms with van der Waals surface area (Å²) < 4.78 is 16.0. The predicted octanol–water partition coefficient (Wildman–Crippen LogP) is 2.22. The lowest BCUT2D eigenvalue weighted by Crippen LogP contribution is -2.16. The Kier molecular flexibility index (Phi) is 8.28. The lowest BCUT2D eigenvalue weighted by atomic mass is 10.2. The first-order valence-corrected chi connectivity index (χ1v) is 6.83. The number of hydrogen-bond acceptors (Lipinski definition) is 4. The van der Waals surface area contributed by atoms with E-state index in [1.165, 1.54) is 0 Å². The van der Waals surface area contributed by atoms with Crippen molar-refractivity contribution in [3.8, 4) is 23.8 Å². The van der Waals surface area contributed by atoms with Crippen LogP contribution in [0, 0.1) is 12.3 Å². The summed E-state index contributed by atoms with van der Waals surface area (Å²) in [6.07, 6.45) is 6.20. The topological polar surface area (TPSA) is 39.7 Å². The van der Waals surface area contributed by atoms with Crippen LogP contribution >= 0.6 is 0 Å². The molecule has 0 aliphatic carbocycles. The molecule has 0 radical (unpaired) electrons. The third-order valence-electron chi connectivity index (χ3n) is 2.65. The molecular weight excluding hydrogens is 254 g/mol. The molecule has 20 heavy (non-hydrogen) atoms. The number of benzene rings is 1. The number of methoxy groups -OCH3 is 1. The maximum Gasteiger partial charge on any atom is 0.162 e. The van der Waals surface area contributed by atoms with Crippen molar-refractivity contribution in [1.82, 2.24) is 5.32 Å². The Morgan fingerprint density at radius 2 is 2.10 bits per heavy atom. The third-order valence-corrected chi connectivity index (χ3v) is 2.65. The minimum Gasteiger partial charge on any atom is -0.490 e. The van der Waals surface area contributed by atoms with Gasteiger partial charge in [0.25, 0.3) is 0 Å².